The van der Waals surface area contributed by atoms with Crippen molar-refractivity contribution < 1.29 is 4.79 Å². The molecule has 11 heavy (non-hydrogen) atoms. The lowest BCUT2D eigenvalue weighted by molar-refractivity contribution is 0.386. The summed E-state index contributed by atoms with van der Waals surface area (Å²) in [5.41, 5.74) is -0.892. The molecule has 0 radical (unpaired) electrons. The van der Waals surface area contributed by atoms with Gasteiger partial charge in [-0.2, -0.15) is 10.3 Å². The molecule has 0 aliphatic carbocycles. The molecule has 3 heteroatoms. The lowest BCUT2D eigenvalue weighted by Gasteiger charge is -2.20. The van der Waals surface area contributed by atoms with E-state index in [0.29, 0.717) is 0 Å². The minimum atomic E-state index is -0.892. The zero-order valence-electron chi connectivity index (χ0n) is 7.09. The van der Waals surface area contributed by atoms with Gasteiger partial charge in [-0.05, 0) is 12.8 Å². The molecular weight excluding hydrogens is 140 g/mol. The fourth-order valence-corrected chi connectivity index (χ4v) is 0.738. The van der Waals surface area contributed by atoms with E-state index >= 15 is 0 Å². The van der Waals surface area contributed by atoms with Crippen LogP contribution in [0.1, 0.15) is 27.2 Å². The second-order valence-corrected chi connectivity index (χ2v) is 2.77. The number of hydrogen-bond acceptors (Lipinski definition) is 3. The molecule has 3 nitrogen and oxygen atoms in total. The molecule has 0 aliphatic heterocycles. The van der Waals surface area contributed by atoms with E-state index in [-0.39, 0.29) is 5.92 Å². The predicted molar refractivity (Wildman–Crippen MR) is 41.6 cm³/mol. The van der Waals surface area contributed by atoms with Crippen LogP contribution < -0.4 is 0 Å². The zero-order valence-corrected chi connectivity index (χ0v) is 7.09. The van der Waals surface area contributed by atoms with Crippen LogP contribution in [0.5, 0.6) is 0 Å². The van der Waals surface area contributed by atoms with Crippen LogP contribution in [0.2, 0.25) is 0 Å². The summed E-state index contributed by atoms with van der Waals surface area (Å²) in [5, 5.41) is 8.70. The van der Waals surface area contributed by atoms with Crippen LogP contribution in [0.15, 0.2) is 4.99 Å². The van der Waals surface area contributed by atoms with Crippen molar-refractivity contribution in [2.75, 3.05) is 0 Å². The molecule has 0 fully saturated rings. The Kier molecular flexibility index (Phi) is 3.50. The number of hydrogen-bond donors (Lipinski definition) is 0. The Morgan fingerprint density at radius 3 is 2.55 bits per heavy atom. The maximum Gasteiger partial charge on any atom is 0.236 e. The highest BCUT2D eigenvalue weighted by atomic mass is 16.1. The van der Waals surface area contributed by atoms with Gasteiger partial charge in [0, 0.05) is 0 Å². The lowest BCUT2D eigenvalue weighted by atomic mass is 9.87. The fraction of sp³-hybridized carbons (Fsp3) is 0.750. The summed E-state index contributed by atoms with van der Waals surface area (Å²) in [6.07, 6.45) is 2.26. The van der Waals surface area contributed by atoms with E-state index in [1.807, 2.05) is 19.9 Å². The first-order valence-corrected chi connectivity index (χ1v) is 3.61. The molecule has 0 aliphatic rings. The van der Waals surface area contributed by atoms with Crippen molar-refractivity contribution in [3.8, 4) is 6.07 Å². The molecule has 2 unspecified atom stereocenters. The third-order valence-corrected chi connectivity index (χ3v) is 2.08. The summed E-state index contributed by atoms with van der Waals surface area (Å²) in [7, 11) is 0. The zero-order chi connectivity index (χ0) is 8.91. The number of isocyanates is 1. The third-order valence-electron chi connectivity index (χ3n) is 2.08. The Labute approximate surface area is 66.7 Å². The molecular formula is C8H12N2O. The summed E-state index contributed by atoms with van der Waals surface area (Å²) in [6.45, 7) is 5.50. The van der Waals surface area contributed by atoms with E-state index in [9.17, 15) is 4.79 Å². The van der Waals surface area contributed by atoms with Gasteiger partial charge in [0.05, 0.1) is 6.07 Å². The number of nitrogens with zero attached hydrogens (tertiary/aromatic N) is 2. The van der Waals surface area contributed by atoms with Crippen LogP contribution in [-0.2, 0) is 4.79 Å². The van der Waals surface area contributed by atoms with Gasteiger partial charge in [0.25, 0.3) is 0 Å². The van der Waals surface area contributed by atoms with Crippen molar-refractivity contribution in [1.82, 2.24) is 0 Å². The summed E-state index contributed by atoms with van der Waals surface area (Å²) < 4.78 is 0. The van der Waals surface area contributed by atoms with Crippen LogP contribution in [0.4, 0.5) is 0 Å². The monoisotopic (exact) mass is 152 g/mol. The van der Waals surface area contributed by atoms with E-state index in [1.165, 1.54) is 6.08 Å². The van der Waals surface area contributed by atoms with Gasteiger partial charge in [0.15, 0.2) is 5.54 Å². The molecule has 0 spiro atoms. The summed E-state index contributed by atoms with van der Waals surface area (Å²) in [5.74, 6) is 0.0916. The molecule has 0 amide bonds. The van der Waals surface area contributed by atoms with Gasteiger partial charge < -0.3 is 0 Å². The van der Waals surface area contributed by atoms with E-state index in [0.717, 1.165) is 6.42 Å². The number of carbonyl (C=O) groups excluding carboxylic acids is 1. The molecule has 2 atom stereocenters. The van der Waals surface area contributed by atoms with E-state index in [1.54, 1.807) is 6.92 Å². The minimum Gasteiger partial charge on any atom is -0.211 e. The molecule has 0 bridgehead atoms. The standard InChI is InChI=1S/C8H12N2O/c1-4-7(2)8(3,5-9)10-6-11/h7H,4H2,1-3H3. The van der Waals surface area contributed by atoms with Crippen LogP contribution in [0.3, 0.4) is 0 Å². The van der Waals surface area contributed by atoms with E-state index in [2.05, 4.69) is 4.99 Å². The topological polar surface area (TPSA) is 53.2 Å². The molecule has 0 heterocycles. The molecule has 0 N–H and O–H groups in total. The highest BCUT2D eigenvalue weighted by Gasteiger charge is 2.29. The molecule has 0 saturated carbocycles. The minimum absolute atomic E-state index is 0.0916. The Bertz CT molecular complexity index is 213. The van der Waals surface area contributed by atoms with Gasteiger partial charge >= 0.3 is 0 Å². The highest BCUT2D eigenvalue weighted by Crippen LogP contribution is 2.22. The van der Waals surface area contributed by atoms with E-state index in [4.69, 9.17) is 5.26 Å². The normalized spacial score (nSPS) is 17.3. The van der Waals surface area contributed by atoms with Crippen LogP contribution in [0, 0.1) is 17.2 Å². The van der Waals surface area contributed by atoms with Crippen molar-refractivity contribution in [1.29, 1.82) is 5.26 Å². The van der Waals surface area contributed by atoms with Gasteiger partial charge in [-0.3, -0.25) is 0 Å². The Hall–Kier alpha value is -1.13. The van der Waals surface area contributed by atoms with Crippen LogP contribution >= 0.6 is 0 Å². The summed E-state index contributed by atoms with van der Waals surface area (Å²) >= 11 is 0. The second-order valence-electron chi connectivity index (χ2n) is 2.77. The predicted octanol–water partition coefficient (Wildman–Crippen LogP) is 1.65. The summed E-state index contributed by atoms with van der Waals surface area (Å²) in [4.78, 5) is 13.4. The van der Waals surface area contributed by atoms with Gasteiger partial charge in [-0.15, -0.1) is 0 Å². The van der Waals surface area contributed by atoms with Gasteiger partial charge in [0.1, 0.15) is 0 Å². The van der Waals surface area contributed by atoms with Crippen molar-refractivity contribution in [2.45, 2.75) is 32.7 Å². The molecule has 0 saturated heterocycles. The van der Waals surface area contributed by atoms with E-state index < -0.39 is 5.54 Å². The molecule has 0 aromatic rings. The quantitative estimate of drug-likeness (QED) is 0.456. The van der Waals surface area contributed by atoms with Crippen molar-refractivity contribution in [3.05, 3.63) is 0 Å². The Morgan fingerprint density at radius 2 is 2.27 bits per heavy atom. The molecule has 0 aromatic heterocycles. The Balaban J connectivity index is 4.62. The fourth-order valence-electron chi connectivity index (χ4n) is 0.738. The molecule has 0 aromatic carbocycles. The Morgan fingerprint density at radius 1 is 1.73 bits per heavy atom. The maximum absolute atomic E-state index is 9.96. The second kappa shape index (κ2) is 3.90. The van der Waals surface area contributed by atoms with Crippen LogP contribution in [-0.4, -0.2) is 11.6 Å². The van der Waals surface area contributed by atoms with Gasteiger partial charge in [0.2, 0.25) is 6.08 Å². The highest BCUT2D eigenvalue weighted by molar-refractivity contribution is 5.36. The van der Waals surface area contributed by atoms with Crippen molar-refractivity contribution in [2.24, 2.45) is 10.9 Å². The first kappa shape index (κ1) is 9.87. The average Bonchev–Trinajstić information content (AvgIpc) is 2.03. The van der Waals surface area contributed by atoms with Crippen molar-refractivity contribution >= 4 is 6.08 Å². The molecule has 0 rings (SSSR count). The lowest BCUT2D eigenvalue weighted by Crippen LogP contribution is -2.28. The van der Waals surface area contributed by atoms with Crippen molar-refractivity contribution in [3.63, 3.8) is 0 Å². The van der Waals surface area contributed by atoms with Crippen LogP contribution in [0.25, 0.3) is 0 Å². The maximum atomic E-state index is 9.96. The molecule has 60 valence electrons. The smallest absolute Gasteiger partial charge is 0.211 e. The largest absolute Gasteiger partial charge is 0.236 e. The first-order valence-electron chi connectivity index (χ1n) is 3.61. The average molecular weight is 152 g/mol. The number of aliphatic imine (C=N–C) groups is 1. The number of nitriles is 1. The SMILES string of the molecule is CCC(C)C(C)(C#N)N=C=O. The summed E-state index contributed by atoms with van der Waals surface area (Å²) in [6, 6.07) is 2.00. The van der Waals surface area contributed by atoms with Gasteiger partial charge in [-0.1, -0.05) is 20.3 Å². The third kappa shape index (κ3) is 2.18. The number of rotatable bonds is 3. The first-order chi connectivity index (χ1) is 5.10. The van der Waals surface area contributed by atoms with Gasteiger partial charge in [-0.25, -0.2) is 4.79 Å².